The Labute approximate surface area is 144 Å². The SMILES string of the molecule is C=CC(CN)C1CCCCC1Cc1ccnc2ccc(OC)cc12. The zero-order valence-electron chi connectivity index (χ0n) is 14.6. The average molecular weight is 324 g/mol. The van der Waals surface area contributed by atoms with Gasteiger partial charge in [0.05, 0.1) is 12.6 Å². The lowest BCUT2D eigenvalue weighted by atomic mass is 9.70. The molecule has 3 nitrogen and oxygen atoms in total. The summed E-state index contributed by atoms with van der Waals surface area (Å²) in [6, 6.07) is 8.30. The third kappa shape index (κ3) is 3.46. The molecule has 1 aliphatic carbocycles. The summed E-state index contributed by atoms with van der Waals surface area (Å²) in [7, 11) is 1.71. The van der Waals surface area contributed by atoms with Crippen LogP contribution in [0, 0.1) is 17.8 Å². The molecule has 0 radical (unpaired) electrons. The van der Waals surface area contributed by atoms with Gasteiger partial charge in [-0.15, -0.1) is 6.58 Å². The molecule has 0 spiro atoms. The van der Waals surface area contributed by atoms with Gasteiger partial charge >= 0.3 is 0 Å². The van der Waals surface area contributed by atoms with Crippen molar-refractivity contribution in [2.45, 2.75) is 32.1 Å². The maximum atomic E-state index is 6.00. The van der Waals surface area contributed by atoms with Gasteiger partial charge in [0.15, 0.2) is 0 Å². The predicted molar refractivity (Wildman–Crippen MR) is 100 cm³/mol. The number of hydrogen-bond donors (Lipinski definition) is 1. The van der Waals surface area contributed by atoms with Crippen molar-refractivity contribution >= 4 is 10.9 Å². The van der Waals surface area contributed by atoms with Gasteiger partial charge in [-0.2, -0.15) is 0 Å². The molecule has 2 aromatic rings. The van der Waals surface area contributed by atoms with E-state index in [1.54, 1.807) is 7.11 Å². The van der Waals surface area contributed by atoms with Crippen LogP contribution < -0.4 is 10.5 Å². The summed E-state index contributed by atoms with van der Waals surface area (Å²) < 4.78 is 5.40. The van der Waals surface area contributed by atoms with Crippen LogP contribution in [-0.2, 0) is 6.42 Å². The third-order valence-electron chi connectivity index (χ3n) is 5.61. The Bertz CT molecular complexity index is 697. The normalized spacial score (nSPS) is 22.2. The average Bonchev–Trinajstić information content (AvgIpc) is 2.64. The monoisotopic (exact) mass is 324 g/mol. The predicted octanol–water partition coefficient (Wildman–Crippen LogP) is 4.35. The molecule has 0 amide bonds. The molecule has 3 heteroatoms. The molecule has 0 aliphatic heterocycles. The van der Waals surface area contributed by atoms with Crippen molar-refractivity contribution in [1.29, 1.82) is 0 Å². The summed E-state index contributed by atoms with van der Waals surface area (Å²) >= 11 is 0. The third-order valence-corrected chi connectivity index (χ3v) is 5.61. The number of rotatable bonds is 6. The van der Waals surface area contributed by atoms with E-state index in [0.29, 0.717) is 24.3 Å². The molecule has 1 aromatic heterocycles. The summed E-state index contributed by atoms with van der Waals surface area (Å²) in [6.07, 6.45) is 10.3. The first-order valence-electron chi connectivity index (χ1n) is 9.01. The van der Waals surface area contributed by atoms with Crippen LogP contribution in [0.4, 0.5) is 0 Å². The number of nitrogens with two attached hydrogens (primary N) is 1. The topological polar surface area (TPSA) is 48.1 Å². The van der Waals surface area contributed by atoms with Crippen molar-refractivity contribution in [2.75, 3.05) is 13.7 Å². The molecule has 2 N–H and O–H groups in total. The Kier molecular flexibility index (Phi) is 5.52. The fourth-order valence-corrected chi connectivity index (χ4v) is 4.27. The van der Waals surface area contributed by atoms with E-state index in [4.69, 9.17) is 10.5 Å². The number of nitrogens with zero attached hydrogens (tertiary/aromatic N) is 1. The van der Waals surface area contributed by atoms with E-state index in [0.717, 1.165) is 17.7 Å². The lowest BCUT2D eigenvalue weighted by molar-refractivity contribution is 0.188. The van der Waals surface area contributed by atoms with Crippen LogP contribution in [0.1, 0.15) is 31.2 Å². The minimum Gasteiger partial charge on any atom is -0.497 e. The lowest BCUT2D eigenvalue weighted by Gasteiger charge is -2.36. The van der Waals surface area contributed by atoms with E-state index in [9.17, 15) is 0 Å². The Balaban J connectivity index is 1.91. The summed E-state index contributed by atoms with van der Waals surface area (Å²) in [4.78, 5) is 4.51. The highest BCUT2D eigenvalue weighted by Gasteiger charge is 2.30. The molecule has 1 fully saturated rings. The second kappa shape index (κ2) is 7.80. The van der Waals surface area contributed by atoms with E-state index in [-0.39, 0.29) is 0 Å². The number of methoxy groups -OCH3 is 1. The number of hydrogen-bond acceptors (Lipinski definition) is 3. The van der Waals surface area contributed by atoms with Crippen molar-refractivity contribution in [2.24, 2.45) is 23.5 Å². The molecule has 3 unspecified atom stereocenters. The van der Waals surface area contributed by atoms with E-state index in [1.165, 1.54) is 36.6 Å². The molecule has 1 aliphatic rings. The summed E-state index contributed by atoms with van der Waals surface area (Å²) in [5, 5.41) is 1.21. The highest BCUT2D eigenvalue weighted by molar-refractivity contribution is 5.83. The highest BCUT2D eigenvalue weighted by atomic mass is 16.5. The molecule has 0 saturated heterocycles. The minimum atomic E-state index is 0.429. The molecule has 0 bridgehead atoms. The van der Waals surface area contributed by atoms with Crippen LogP contribution in [0.2, 0.25) is 0 Å². The molecular weight excluding hydrogens is 296 g/mol. The van der Waals surface area contributed by atoms with E-state index in [1.807, 2.05) is 18.3 Å². The maximum Gasteiger partial charge on any atom is 0.119 e. The molecule has 1 heterocycles. The number of fused-ring (bicyclic) bond motifs is 1. The fourth-order valence-electron chi connectivity index (χ4n) is 4.27. The molecule has 1 saturated carbocycles. The molecular formula is C21H28N2O. The Morgan fingerprint density at radius 1 is 1.33 bits per heavy atom. The molecule has 3 atom stereocenters. The van der Waals surface area contributed by atoms with Gasteiger partial charge < -0.3 is 10.5 Å². The quantitative estimate of drug-likeness (QED) is 0.803. The number of pyridine rings is 1. The maximum absolute atomic E-state index is 6.00. The second-order valence-electron chi connectivity index (χ2n) is 6.90. The van der Waals surface area contributed by atoms with E-state index in [2.05, 4.69) is 29.8 Å². The highest BCUT2D eigenvalue weighted by Crippen LogP contribution is 2.38. The van der Waals surface area contributed by atoms with Crippen molar-refractivity contribution in [3.8, 4) is 5.75 Å². The van der Waals surface area contributed by atoms with Gasteiger partial charge in [0.25, 0.3) is 0 Å². The first-order valence-corrected chi connectivity index (χ1v) is 9.01. The second-order valence-corrected chi connectivity index (χ2v) is 6.90. The van der Waals surface area contributed by atoms with Crippen LogP contribution in [0.15, 0.2) is 43.1 Å². The van der Waals surface area contributed by atoms with Crippen LogP contribution in [-0.4, -0.2) is 18.6 Å². The van der Waals surface area contributed by atoms with Gasteiger partial charge in [0.1, 0.15) is 5.75 Å². The fraction of sp³-hybridized carbons (Fsp3) is 0.476. The van der Waals surface area contributed by atoms with Gasteiger partial charge in [-0.25, -0.2) is 0 Å². The van der Waals surface area contributed by atoms with Gasteiger partial charge in [0.2, 0.25) is 0 Å². The van der Waals surface area contributed by atoms with Crippen LogP contribution >= 0.6 is 0 Å². The van der Waals surface area contributed by atoms with Gasteiger partial charge in [-0.3, -0.25) is 4.98 Å². The lowest BCUT2D eigenvalue weighted by Crippen LogP contribution is -2.31. The number of benzene rings is 1. The first-order chi connectivity index (χ1) is 11.8. The minimum absolute atomic E-state index is 0.429. The van der Waals surface area contributed by atoms with Crippen LogP contribution in [0.3, 0.4) is 0 Å². The number of ether oxygens (including phenoxy) is 1. The molecule has 24 heavy (non-hydrogen) atoms. The van der Waals surface area contributed by atoms with E-state index >= 15 is 0 Å². The Morgan fingerprint density at radius 2 is 2.17 bits per heavy atom. The largest absolute Gasteiger partial charge is 0.497 e. The Morgan fingerprint density at radius 3 is 2.92 bits per heavy atom. The number of aromatic nitrogens is 1. The van der Waals surface area contributed by atoms with Crippen LogP contribution in [0.25, 0.3) is 10.9 Å². The van der Waals surface area contributed by atoms with Gasteiger partial charge in [-0.1, -0.05) is 18.9 Å². The van der Waals surface area contributed by atoms with Crippen molar-refractivity contribution in [1.82, 2.24) is 4.98 Å². The smallest absolute Gasteiger partial charge is 0.119 e. The zero-order valence-corrected chi connectivity index (χ0v) is 14.6. The molecule has 3 rings (SSSR count). The summed E-state index contributed by atoms with van der Waals surface area (Å²) in [5.74, 6) is 2.64. The first kappa shape index (κ1) is 17.0. The van der Waals surface area contributed by atoms with Crippen molar-refractivity contribution in [3.63, 3.8) is 0 Å². The zero-order chi connectivity index (χ0) is 16.9. The molecule has 1 aromatic carbocycles. The van der Waals surface area contributed by atoms with Gasteiger partial charge in [0, 0.05) is 11.6 Å². The van der Waals surface area contributed by atoms with Crippen LogP contribution in [0.5, 0.6) is 5.75 Å². The standard InChI is InChI=1S/C21H28N2O/c1-3-15(14-22)19-7-5-4-6-16(19)12-17-10-11-23-21-9-8-18(24-2)13-20(17)21/h3,8-11,13,15-16,19H,1,4-7,12,14,22H2,2H3. The summed E-state index contributed by atoms with van der Waals surface area (Å²) in [5.41, 5.74) is 8.41. The van der Waals surface area contributed by atoms with Gasteiger partial charge in [-0.05, 0) is 73.4 Å². The van der Waals surface area contributed by atoms with Crippen molar-refractivity contribution < 1.29 is 4.74 Å². The molecule has 128 valence electrons. The Hall–Kier alpha value is -1.87. The van der Waals surface area contributed by atoms with Crippen molar-refractivity contribution in [3.05, 3.63) is 48.7 Å². The van der Waals surface area contributed by atoms with E-state index < -0.39 is 0 Å². The summed E-state index contributed by atoms with van der Waals surface area (Å²) in [6.45, 7) is 4.72.